The fourth-order valence-electron chi connectivity index (χ4n) is 2.53. The topological polar surface area (TPSA) is 49.4 Å². The van der Waals surface area contributed by atoms with Gasteiger partial charge in [0.25, 0.3) is 0 Å². The first-order valence-electron chi connectivity index (χ1n) is 7.07. The average molecular weight is 312 g/mol. The molecular weight excluding hydrogens is 296 g/mol. The molecule has 1 aliphatic heterocycles. The van der Waals surface area contributed by atoms with Crippen molar-refractivity contribution in [1.82, 2.24) is 0 Å². The third-order valence-corrected chi connectivity index (χ3v) is 4.40. The van der Waals surface area contributed by atoms with Crippen LogP contribution < -0.4 is 10.2 Å². The number of rotatable bonds is 3. The first kappa shape index (κ1) is 14.5. The van der Waals surface area contributed by atoms with Gasteiger partial charge >= 0.3 is 0 Å². The minimum absolute atomic E-state index is 0.0504. The van der Waals surface area contributed by atoms with Crippen LogP contribution in [0.25, 0.3) is 6.08 Å². The highest BCUT2D eigenvalue weighted by Crippen LogP contribution is 2.30. The monoisotopic (exact) mass is 312 g/mol. The minimum atomic E-state index is -0.158. The van der Waals surface area contributed by atoms with Crippen molar-refractivity contribution in [3.63, 3.8) is 0 Å². The number of anilines is 2. The van der Waals surface area contributed by atoms with Crippen LogP contribution >= 0.6 is 11.3 Å². The molecule has 1 N–H and O–H groups in total. The van der Waals surface area contributed by atoms with Gasteiger partial charge in [0.15, 0.2) is 0 Å². The number of hydrogen-bond donors (Lipinski definition) is 1. The Labute approximate surface area is 133 Å². The lowest BCUT2D eigenvalue weighted by Crippen LogP contribution is -2.25. The van der Waals surface area contributed by atoms with Crippen molar-refractivity contribution in [3.05, 3.63) is 52.2 Å². The molecule has 0 saturated carbocycles. The van der Waals surface area contributed by atoms with Crippen LogP contribution in [0.4, 0.5) is 11.4 Å². The smallest absolute Gasteiger partial charge is 0.248 e. The predicted octanol–water partition coefficient (Wildman–Crippen LogP) is 3.31. The van der Waals surface area contributed by atoms with Crippen molar-refractivity contribution in [2.24, 2.45) is 0 Å². The number of nitrogens with one attached hydrogen (secondary N) is 1. The van der Waals surface area contributed by atoms with Gasteiger partial charge in [-0.3, -0.25) is 9.59 Å². The molecule has 1 aromatic carbocycles. The van der Waals surface area contributed by atoms with Gasteiger partial charge in [0.05, 0.1) is 0 Å². The van der Waals surface area contributed by atoms with Crippen molar-refractivity contribution in [2.45, 2.75) is 13.3 Å². The highest BCUT2D eigenvalue weighted by atomic mass is 32.1. The molecule has 2 aromatic rings. The fourth-order valence-corrected chi connectivity index (χ4v) is 3.15. The first-order chi connectivity index (χ1) is 10.6. The lowest BCUT2D eigenvalue weighted by atomic mass is 10.1. The van der Waals surface area contributed by atoms with Crippen LogP contribution in [0.1, 0.15) is 17.4 Å². The Morgan fingerprint density at radius 1 is 1.32 bits per heavy atom. The van der Waals surface area contributed by atoms with Gasteiger partial charge in [0, 0.05) is 35.8 Å². The van der Waals surface area contributed by atoms with Crippen molar-refractivity contribution in [1.29, 1.82) is 0 Å². The number of benzene rings is 1. The molecule has 5 heteroatoms. The predicted molar refractivity (Wildman–Crippen MR) is 90.2 cm³/mol. The van der Waals surface area contributed by atoms with Crippen LogP contribution in [-0.2, 0) is 16.0 Å². The van der Waals surface area contributed by atoms with E-state index in [-0.39, 0.29) is 11.8 Å². The molecular formula is C17H16N2O2S. The van der Waals surface area contributed by atoms with E-state index in [9.17, 15) is 9.59 Å². The van der Waals surface area contributed by atoms with Gasteiger partial charge < -0.3 is 10.2 Å². The van der Waals surface area contributed by atoms with Crippen LogP contribution in [-0.4, -0.2) is 18.4 Å². The zero-order valence-corrected chi connectivity index (χ0v) is 13.0. The fraction of sp³-hybridized carbons (Fsp3) is 0.176. The Hall–Kier alpha value is -2.40. The van der Waals surface area contributed by atoms with Gasteiger partial charge in [-0.15, -0.1) is 11.3 Å². The second-order valence-electron chi connectivity index (χ2n) is 5.10. The summed E-state index contributed by atoms with van der Waals surface area (Å²) in [7, 11) is 0. The van der Waals surface area contributed by atoms with Crippen LogP contribution in [0.5, 0.6) is 0 Å². The molecule has 112 valence electrons. The quantitative estimate of drug-likeness (QED) is 0.884. The van der Waals surface area contributed by atoms with Gasteiger partial charge in [-0.1, -0.05) is 6.07 Å². The summed E-state index contributed by atoms with van der Waals surface area (Å²) in [5.74, 6) is -0.107. The molecule has 0 radical (unpaired) electrons. The molecule has 0 fully saturated rings. The van der Waals surface area contributed by atoms with Gasteiger partial charge in [-0.25, -0.2) is 0 Å². The number of amides is 2. The van der Waals surface area contributed by atoms with E-state index in [2.05, 4.69) is 5.32 Å². The Morgan fingerprint density at radius 2 is 2.18 bits per heavy atom. The molecule has 2 heterocycles. The molecule has 1 aromatic heterocycles. The highest BCUT2D eigenvalue weighted by Gasteiger charge is 2.22. The summed E-state index contributed by atoms with van der Waals surface area (Å²) in [6.45, 7) is 2.28. The minimum Gasteiger partial charge on any atom is -0.323 e. The van der Waals surface area contributed by atoms with E-state index in [1.54, 1.807) is 29.2 Å². The van der Waals surface area contributed by atoms with Crippen LogP contribution in [0.2, 0.25) is 0 Å². The van der Waals surface area contributed by atoms with Gasteiger partial charge in [0.1, 0.15) is 0 Å². The van der Waals surface area contributed by atoms with Crippen LogP contribution in [0, 0.1) is 0 Å². The van der Waals surface area contributed by atoms with E-state index in [0.29, 0.717) is 6.54 Å². The zero-order valence-electron chi connectivity index (χ0n) is 12.2. The largest absolute Gasteiger partial charge is 0.323 e. The summed E-state index contributed by atoms with van der Waals surface area (Å²) < 4.78 is 0. The summed E-state index contributed by atoms with van der Waals surface area (Å²) in [5, 5.41) is 4.82. The van der Waals surface area contributed by atoms with Crippen molar-refractivity contribution >= 4 is 40.6 Å². The molecule has 0 bridgehead atoms. The molecule has 2 amide bonds. The molecule has 1 aliphatic rings. The van der Waals surface area contributed by atoms with Crippen LogP contribution in [0.3, 0.4) is 0 Å². The Kier molecular flexibility index (Phi) is 4.06. The van der Waals surface area contributed by atoms with Crippen LogP contribution in [0.15, 0.2) is 41.8 Å². The van der Waals surface area contributed by atoms with E-state index in [1.165, 1.54) is 6.08 Å². The maximum Gasteiger partial charge on any atom is 0.248 e. The van der Waals surface area contributed by atoms with E-state index in [0.717, 1.165) is 28.2 Å². The van der Waals surface area contributed by atoms with Crippen molar-refractivity contribution in [3.8, 4) is 0 Å². The van der Waals surface area contributed by atoms with Gasteiger partial charge in [-0.05, 0) is 47.7 Å². The van der Waals surface area contributed by atoms with Crippen molar-refractivity contribution < 1.29 is 9.59 Å². The lowest BCUT2D eigenvalue weighted by Gasteiger charge is -2.14. The third-order valence-electron chi connectivity index (χ3n) is 3.56. The second kappa shape index (κ2) is 6.15. The van der Waals surface area contributed by atoms with E-state index >= 15 is 0 Å². The summed E-state index contributed by atoms with van der Waals surface area (Å²) in [6, 6.07) is 9.57. The number of carbonyl (C=O) groups excluding carboxylic acids is 2. The molecule has 3 rings (SSSR count). The molecule has 4 nitrogen and oxygen atoms in total. The maximum absolute atomic E-state index is 11.9. The summed E-state index contributed by atoms with van der Waals surface area (Å²) in [6.07, 6.45) is 4.15. The number of thiophene rings is 1. The molecule has 22 heavy (non-hydrogen) atoms. The molecule has 0 spiro atoms. The van der Waals surface area contributed by atoms with Crippen molar-refractivity contribution in [2.75, 3.05) is 16.8 Å². The van der Waals surface area contributed by atoms with E-state index in [4.69, 9.17) is 0 Å². The van der Waals surface area contributed by atoms with Gasteiger partial charge in [0.2, 0.25) is 11.8 Å². The summed E-state index contributed by atoms with van der Waals surface area (Å²) in [5.41, 5.74) is 2.79. The SMILES string of the molecule is CC(=O)N1CCc2cc(NC(=O)C=Cc3cccs3)ccc21. The molecule has 0 aliphatic carbocycles. The summed E-state index contributed by atoms with van der Waals surface area (Å²) >= 11 is 1.59. The number of hydrogen-bond acceptors (Lipinski definition) is 3. The number of carbonyl (C=O) groups is 2. The van der Waals surface area contributed by atoms with E-state index in [1.807, 2.05) is 35.7 Å². The zero-order chi connectivity index (χ0) is 15.5. The highest BCUT2D eigenvalue weighted by molar-refractivity contribution is 7.10. The van der Waals surface area contributed by atoms with Gasteiger partial charge in [-0.2, -0.15) is 0 Å². The molecule has 0 saturated heterocycles. The van der Waals surface area contributed by atoms with E-state index < -0.39 is 0 Å². The molecule has 0 atom stereocenters. The normalized spacial score (nSPS) is 13.4. The second-order valence-corrected chi connectivity index (χ2v) is 6.08. The maximum atomic E-state index is 11.9. The first-order valence-corrected chi connectivity index (χ1v) is 7.95. The standard InChI is InChI=1S/C17H16N2O2S/c1-12(20)19-9-8-13-11-14(4-6-16(13)19)18-17(21)7-5-15-3-2-10-22-15/h2-7,10-11H,8-9H2,1H3,(H,18,21). The average Bonchev–Trinajstić information content (AvgIpc) is 3.14. The molecule has 0 unspecified atom stereocenters. The third kappa shape index (κ3) is 3.09. The Bertz CT molecular complexity index is 735. The Morgan fingerprint density at radius 3 is 2.91 bits per heavy atom. The lowest BCUT2D eigenvalue weighted by molar-refractivity contribution is -0.116. The summed E-state index contributed by atoms with van der Waals surface area (Å²) in [4.78, 5) is 26.2. The number of fused-ring (bicyclic) bond motifs is 1. The number of nitrogens with zero attached hydrogens (tertiary/aromatic N) is 1. The Balaban J connectivity index is 1.69.